The van der Waals surface area contributed by atoms with Gasteiger partial charge in [0.15, 0.2) is 0 Å². The molecular weight excluding hydrogens is 240 g/mol. The lowest BCUT2D eigenvalue weighted by Gasteiger charge is -2.35. The highest BCUT2D eigenvalue weighted by Crippen LogP contribution is 2.37. The Labute approximate surface area is 113 Å². The molecule has 2 nitrogen and oxygen atoms in total. The molecule has 0 bridgehead atoms. The van der Waals surface area contributed by atoms with E-state index < -0.39 is 8.07 Å². The Balaban J connectivity index is 2.79. The molecule has 0 spiro atoms. The number of ether oxygens (including phenoxy) is 1. The van der Waals surface area contributed by atoms with Crippen LogP contribution < -0.4 is 0 Å². The molecule has 0 N–H and O–H groups in total. The van der Waals surface area contributed by atoms with Crippen LogP contribution in [0.15, 0.2) is 11.3 Å². The van der Waals surface area contributed by atoms with Gasteiger partial charge < -0.3 is 4.74 Å². The highest BCUT2D eigenvalue weighted by Gasteiger charge is 2.35. The maximum Gasteiger partial charge on any atom is 0.309 e. The molecule has 0 amide bonds. The van der Waals surface area contributed by atoms with Crippen LogP contribution in [0.4, 0.5) is 0 Å². The molecule has 0 fully saturated rings. The van der Waals surface area contributed by atoms with E-state index in [4.69, 9.17) is 4.74 Å². The summed E-state index contributed by atoms with van der Waals surface area (Å²) in [5.41, 5.74) is 0. The van der Waals surface area contributed by atoms with Gasteiger partial charge >= 0.3 is 5.97 Å². The van der Waals surface area contributed by atoms with Gasteiger partial charge in [-0.3, -0.25) is 4.79 Å². The Morgan fingerprint density at radius 2 is 1.89 bits per heavy atom. The van der Waals surface area contributed by atoms with E-state index in [0.717, 1.165) is 19.3 Å². The maximum absolute atomic E-state index is 11.9. The highest BCUT2D eigenvalue weighted by atomic mass is 28.3. The molecule has 104 valence electrons. The summed E-state index contributed by atoms with van der Waals surface area (Å²) in [5.74, 6) is 0.149. The maximum atomic E-state index is 11.9. The molecule has 1 aliphatic rings. The van der Waals surface area contributed by atoms with Gasteiger partial charge in [0, 0.05) is 0 Å². The molecule has 0 radical (unpaired) electrons. The van der Waals surface area contributed by atoms with Crippen molar-refractivity contribution in [1.82, 2.24) is 0 Å². The number of esters is 1. The molecule has 1 rings (SSSR count). The molecule has 3 heteroatoms. The molecule has 18 heavy (non-hydrogen) atoms. The molecule has 0 aliphatic heterocycles. The van der Waals surface area contributed by atoms with Crippen LogP contribution in [0.25, 0.3) is 0 Å². The van der Waals surface area contributed by atoms with Gasteiger partial charge in [-0.1, -0.05) is 50.2 Å². The van der Waals surface area contributed by atoms with Gasteiger partial charge in [0.05, 0.1) is 20.6 Å². The highest BCUT2D eigenvalue weighted by molar-refractivity contribution is 6.86. The molecule has 1 aliphatic carbocycles. The van der Waals surface area contributed by atoms with Crippen LogP contribution in [0, 0.1) is 5.92 Å². The lowest BCUT2D eigenvalue weighted by molar-refractivity contribution is -0.148. The van der Waals surface area contributed by atoms with Crippen LogP contribution in [0.2, 0.25) is 18.1 Å². The summed E-state index contributed by atoms with van der Waals surface area (Å²) in [6, 6.07) is 3.92. The largest absolute Gasteiger partial charge is 0.466 e. The van der Waals surface area contributed by atoms with Crippen LogP contribution in [0.3, 0.4) is 0 Å². The third-order valence-electron chi connectivity index (χ3n) is 4.70. The molecule has 0 heterocycles. The first-order valence-corrected chi connectivity index (χ1v) is 10.1. The normalized spacial score (nSPS) is 20.4. The van der Waals surface area contributed by atoms with E-state index in [9.17, 15) is 4.79 Å². The molecule has 0 aromatic rings. The van der Waals surface area contributed by atoms with Crippen molar-refractivity contribution in [3.8, 4) is 0 Å². The van der Waals surface area contributed by atoms with Gasteiger partial charge in [-0.2, -0.15) is 0 Å². The standard InChI is InChI=1S/C15H28O2Si/c1-5-17-15(16)13-10-9-11-14(12-13)18(6-2,7-3)8-4/h11,13H,5-10,12H2,1-4H3. The first-order chi connectivity index (χ1) is 8.63. The number of carbonyl (C=O) groups excluding carboxylic acids is 1. The zero-order valence-electron chi connectivity index (χ0n) is 12.4. The number of hydrogen-bond acceptors (Lipinski definition) is 2. The van der Waals surface area contributed by atoms with E-state index in [2.05, 4.69) is 26.8 Å². The number of hydrogen-bond donors (Lipinski definition) is 0. The zero-order chi connectivity index (χ0) is 13.6. The van der Waals surface area contributed by atoms with Crippen molar-refractivity contribution in [1.29, 1.82) is 0 Å². The predicted molar refractivity (Wildman–Crippen MR) is 79.3 cm³/mol. The molecule has 0 aromatic heterocycles. The molecular formula is C15H28O2Si. The lowest BCUT2D eigenvalue weighted by atomic mass is 9.94. The topological polar surface area (TPSA) is 26.3 Å². The zero-order valence-corrected chi connectivity index (χ0v) is 13.4. The molecule has 0 aromatic carbocycles. The van der Waals surface area contributed by atoms with Gasteiger partial charge in [0.25, 0.3) is 0 Å². The van der Waals surface area contributed by atoms with Crippen molar-refractivity contribution < 1.29 is 9.53 Å². The second kappa shape index (κ2) is 7.12. The fourth-order valence-electron chi connectivity index (χ4n) is 3.24. The molecule has 1 atom stereocenters. The smallest absolute Gasteiger partial charge is 0.309 e. The van der Waals surface area contributed by atoms with Crippen molar-refractivity contribution in [3.05, 3.63) is 11.3 Å². The second-order valence-electron chi connectivity index (χ2n) is 5.30. The Hall–Kier alpha value is -0.573. The van der Waals surface area contributed by atoms with Crippen LogP contribution in [0.1, 0.15) is 47.0 Å². The SMILES string of the molecule is CCOC(=O)C1CCC=C([Si](CC)(CC)CC)C1. The summed E-state index contributed by atoms with van der Waals surface area (Å²) >= 11 is 0. The average molecular weight is 268 g/mol. The van der Waals surface area contributed by atoms with Crippen LogP contribution in [0.5, 0.6) is 0 Å². The van der Waals surface area contributed by atoms with Crippen molar-refractivity contribution in [3.63, 3.8) is 0 Å². The minimum absolute atomic E-state index is 0.0225. The van der Waals surface area contributed by atoms with Crippen molar-refractivity contribution in [2.45, 2.75) is 65.1 Å². The van der Waals surface area contributed by atoms with Crippen LogP contribution >= 0.6 is 0 Å². The van der Waals surface area contributed by atoms with Crippen molar-refractivity contribution in [2.24, 2.45) is 5.92 Å². The van der Waals surface area contributed by atoms with Crippen LogP contribution in [-0.2, 0) is 9.53 Å². The van der Waals surface area contributed by atoms with E-state index in [-0.39, 0.29) is 11.9 Å². The van der Waals surface area contributed by atoms with E-state index >= 15 is 0 Å². The lowest BCUT2D eigenvalue weighted by Crippen LogP contribution is -2.37. The van der Waals surface area contributed by atoms with Crippen molar-refractivity contribution >= 4 is 14.0 Å². The Bertz CT molecular complexity index is 297. The summed E-state index contributed by atoms with van der Waals surface area (Å²) in [6.45, 7) is 9.38. The van der Waals surface area contributed by atoms with Crippen molar-refractivity contribution in [2.75, 3.05) is 6.61 Å². The van der Waals surface area contributed by atoms with E-state index in [1.54, 1.807) is 5.20 Å². The van der Waals surface area contributed by atoms with Crippen LogP contribution in [-0.4, -0.2) is 20.7 Å². The summed E-state index contributed by atoms with van der Waals surface area (Å²) < 4.78 is 5.19. The fraction of sp³-hybridized carbons (Fsp3) is 0.800. The summed E-state index contributed by atoms with van der Waals surface area (Å²) in [6.07, 6.45) is 5.45. The monoisotopic (exact) mass is 268 g/mol. The Morgan fingerprint density at radius 3 is 2.39 bits per heavy atom. The first kappa shape index (κ1) is 15.5. The van der Waals surface area contributed by atoms with Gasteiger partial charge in [-0.15, -0.1) is 0 Å². The third kappa shape index (κ3) is 3.25. The molecule has 0 saturated carbocycles. The third-order valence-corrected chi connectivity index (χ3v) is 10.5. The molecule has 0 saturated heterocycles. The number of rotatable bonds is 6. The first-order valence-electron chi connectivity index (χ1n) is 7.49. The fourth-order valence-corrected chi connectivity index (χ4v) is 7.35. The van der Waals surface area contributed by atoms with Gasteiger partial charge in [0.2, 0.25) is 0 Å². The van der Waals surface area contributed by atoms with Gasteiger partial charge in [-0.25, -0.2) is 0 Å². The van der Waals surface area contributed by atoms with E-state index in [0.29, 0.717) is 6.61 Å². The average Bonchev–Trinajstić information content (AvgIpc) is 2.42. The van der Waals surface area contributed by atoms with E-state index in [1.165, 1.54) is 18.1 Å². The minimum atomic E-state index is -1.27. The quantitative estimate of drug-likeness (QED) is 0.529. The number of carbonyl (C=O) groups is 1. The second-order valence-corrected chi connectivity index (χ2v) is 10.6. The Morgan fingerprint density at radius 1 is 1.28 bits per heavy atom. The summed E-state index contributed by atoms with van der Waals surface area (Å²) in [7, 11) is -1.27. The van der Waals surface area contributed by atoms with E-state index in [1.807, 2.05) is 6.92 Å². The minimum Gasteiger partial charge on any atom is -0.466 e. The Kier molecular flexibility index (Phi) is 6.13. The summed E-state index contributed by atoms with van der Waals surface area (Å²) in [4.78, 5) is 11.9. The predicted octanol–water partition coefficient (Wildman–Crippen LogP) is 4.32. The summed E-state index contributed by atoms with van der Waals surface area (Å²) in [5, 5.41) is 1.64. The molecule has 1 unspecified atom stereocenters. The van der Waals surface area contributed by atoms with Gasteiger partial charge in [0.1, 0.15) is 0 Å². The number of allylic oxidation sites excluding steroid dienone is 2. The van der Waals surface area contributed by atoms with Gasteiger partial charge in [-0.05, 0) is 26.2 Å².